The molecule has 0 spiro atoms. The number of nitrogens with one attached hydrogen (secondary N) is 3. The Hall–Kier alpha value is -5.67. The molecule has 4 aromatic carbocycles. The summed E-state index contributed by atoms with van der Waals surface area (Å²) in [4.78, 5) is 41.2. The average Bonchev–Trinajstić information content (AvgIpc) is 3.70. The van der Waals surface area contributed by atoms with E-state index in [1.807, 2.05) is 59.5 Å². The van der Waals surface area contributed by atoms with Crippen molar-refractivity contribution in [2.45, 2.75) is 31.8 Å². The molecule has 0 bridgehead atoms. The fourth-order valence-corrected chi connectivity index (χ4v) is 7.93. The zero-order valence-electron chi connectivity index (χ0n) is 30.1. The number of phenolic OH excluding ortho intramolecular Hbond substituents is 2. The van der Waals surface area contributed by atoms with Gasteiger partial charge in [-0.1, -0.05) is 0 Å². The molecule has 0 aliphatic carbocycles. The Morgan fingerprint density at radius 3 is 2.44 bits per heavy atom. The van der Waals surface area contributed by atoms with E-state index in [9.17, 15) is 29.7 Å². The molecular formula is C41H43N5O8S. The van der Waals surface area contributed by atoms with Gasteiger partial charge < -0.3 is 40.3 Å². The van der Waals surface area contributed by atoms with Crippen LogP contribution < -0.4 is 25.4 Å². The fraction of sp³-hybridized carbons (Fsp3) is 0.293. The van der Waals surface area contributed by atoms with E-state index in [0.717, 1.165) is 38.2 Å². The largest absolute Gasteiger partial charge is 0.508 e. The summed E-state index contributed by atoms with van der Waals surface area (Å²) < 4.78 is 13.2. The minimum absolute atomic E-state index is 0.0518. The van der Waals surface area contributed by atoms with Crippen LogP contribution in [0.25, 0.3) is 20.5 Å². The van der Waals surface area contributed by atoms with Gasteiger partial charge >= 0.3 is 0 Å². The second-order valence-corrected chi connectivity index (χ2v) is 14.5. The molecule has 14 heteroatoms. The molecule has 2 aliphatic heterocycles. The van der Waals surface area contributed by atoms with Crippen LogP contribution in [0.3, 0.4) is 0 Å². The number of hydrogen-bond donors (Lipinski definition) is 6. The van der Waals surface area contributed by atoms with Crippen LogP contribution >= 0.6 is 11.3 Å². The van der Waals surface area contributed by atoms with E-state index in [1.165, 1.54) is 11.3 Å². The number of carbonyl (C=O) groups excluding carboxylic acids is 3. The number of hydrogen-bond acceptors (Lipinski definition) is 12. The van der Waals surface area contributed by atoms with Crippen molar-refractivity contribution in [2.24, 2.45) is 0 Å². The minimum Gasteiger partial charge on any atom is -0.508 e. The number of carbonyl (C=O) groups is 3. The maximum atomic E-state index is 12.9. The maximum absolute atomic E-state index is 12.9. The third-order valence-electron chi connectivity index (χ3n) is 9.66. The Kier molecular flexibility index (Phi) is 11.8. The molecule has 2 aliphatic rings. The van der Waals surface area contributed by atoms with E-state index >= 15 is 0 Å². The third-order valence-corrected chi connectivity index (χ3v) is 10.8. The molecule has 3 amide bonds. The molecule has 13 nitrogen and oxygen atoms in total. The number of ether oxygens (including phenoxy) is 2. The average molecular weight is 766 g/mol. The molecule has 5 aromatic rings. The van der Waals surface area contributed by atoms with Gasteiger partial charge in [0.05, 0.1) is 11.6 Å². The number of nitrogens with zero attached hydrogens (tertiary/aromatic N) is 2. The van der Waals surface area contributed by atoms with Crippen molar-refractivity contribution < 1.29 is 39.2 Å². The molecule has 0 radical (unpaired) electrons. The van der Waals surface area contributed by atoms with E-state index in [4.69, 9.17) is 9.47 Å². The number of rotatable bonds is 17. The fourth-order valence-electron chi connectivity index (χ4n) is 6.76. The first-order chi connectivity index (χ1) is 26.7. The van der Waals surface area contributed by atoms with E-state index in [1.54, 1.807) is 35.2 Å². The van der Waals surface area contributed by atoms with Crippen molar-refractivity contribution in [3.05, 3.63) is 96.1 Å². The van der Waals surface area contributed by atoms with Crippen LogP contribution in [0.5, 0.6) is 28.7 Å². The number of benzene rings is 4. The van der Waals surface area contributed by atoms with Crippen molar-refractivity contribution in [1.82, 2.24) is 20.4 Å². The molecule has 1 fully saturated rings. The number of aromatic hydroxyl groups is 2. The highest BCUT2D eigenvalue weighted by Crippen LogP contribution is 2.47. The Morgan fingerprint density at radius 1 is 0.873 bits per heavy atom. The number of piperidine rings is 1. The Bertz CT molecular complexity index is 2160. The summed E-state index contributed by atoms with van der Waals surface area (Å²) in [6.45, 7) is 4.10. The number of anilines is 1. The maximum Gasteiger partial charge on any atom is 0.255 e. The molecule has 1 saturated heterocycles. The van der Waals surface area contributed by atoms with Crippen LogP contribution in [0.2, 0.25) is 0 Å². The van der Waals surface area contributed by atoms with E-state index in [2.05, 4.69) is 16.0 Å². The molecule has 55 heavy (non-hydrogen) atoms. The lowest BCUT2D eigenvalue weighted by Gasteiger charge is -2.29. The van der Waals surface area contributed by atoms with Crippen LogP contribution in [0, 0.1) is 0 Å². The molecule has 6 N–H and O–H groups in total. The summed E-state index contributed by atoms with van der Waals surface area (Å²) in [7, 11) is 0. The van der Waals surface area contributed by atoms with Gasteiger partial charge in [0.15, 0.2) is 5.75 Å². The van der Waals surface area contributed by atoms with Gasteiger partial charge in [0.2, 0.25) is 11.8 Å². The van der Waals surface area contributed by atoms with E-state index in [-0.39, 0.29) is 36.5 Å². The molecule has 1 aromatic heterocycles. The van der Waals surface area contributed by atoms with Crippen molar-refractivity contribution in [2.75, 3.05) is 51.4 Å². The quantitative estimate of drug-likeness (QED) is 0.0415. The topological polar surface area (TPSA) is 173 Å². The van der Waals surface area contributed by atoms with Gasteiger partial charge in [0, 0.05) is 67.0 Å². The molecule has 1 atom stereocenters. The number of aliphatic hydroxyl groups is 1. The smallest absolute Gasteiger partial charge is 0.255 e. The van der Waals surface area contributed by atoms with Crippen molar-refractivity contribution in [3.8, 4) is 39.2 Å². The lowest BCUT2D eigenvalue weighted by atomic mass is 10.0. The number of amides is 3. The zero-order valence-corrected chi connectivity index (χ0v) is 30.9. The lowest BCUT2D eigenvalue weighted by Crippen LogP contribution is -2.52. The summed E-state index contributed by atoms with van der Waals surface area (Å²) in [6.07, 6.45) is 1.36. The molecule has 1 unspecified atom stereocenters. The summed E-state index contributed by atoms with van der Waals surface area (Å²) >= 11 is 1.51. The van der Waals surface area contributed by atoms with Crippen molar-refractivity contribution in [3.63, 3.8) is 0 Å². The summed E-state index contributed by atoms with van der Waals surface area (Å²) in [5.41, 5.74) is 3.21. The summed E-state index contributed by atoms with van der Waals surface area (Å²) in [5.74, 6) is 1.47. The van der Waals surface area contributed by atoms with Gasteiger partial charge in [0.1, 0.15) is 35.6 Å². The van der Waals surface area contributed by atoms with Gasteiger partial charge in [-0.15, -0.1) is 11.3 Å². The Labute approximate surface area is 322 Å². The highest BCUT2D eigenvalue weighted by molar-refractivity contribution is 7.22. The lowest BCUT2D eigenvalue weighted by molar-refractivity contribution is -0.136. The van der Waals surface area contributed by atoms with Crippen LogP contribution in [-0.2, 0) is 16.1 Å². The van der Waals surface area contributed by atoms with Gasteiger partial charge in [-0.2, -0.15) is 0 Å². The molecule has 7 rings (SSSR count). The molecule has 3 heterocycles. The van der Waals surface area contributed by atoms with Gasteiger partial charge in [-0.25, -0.2) is 0 Å². The predicted molar refractivity (Wildman–Crippen MR) is 210 cm³/mol. The first-order valence-corrected chi connectivity index (χ1v) is 19.1. The Morgan fingerprint density at radius 2 is 1.65 bits per heavy atom. The number of aliphatic hydroxyl groups excluding tert-OH is 1. The first kappa shape index (κ1) is 37.6. The van der Waals surface area contributed by atoms with E-state index in [0.29, 0.717) is 75.1 Å². The van der Waals surface area contributed by atoms with Crippen molar-refractivity contribution >= 4 is 44.8 Å². The number of imide groups is 1. The monoisotopic (exact) mass is 765 g/mol. The van der Waals surface area contributed by atoms with Gasteiger partial charge in [-0.3, -0.25) is 24.6 Å². The minimum atomic E-state index is -0.634. The third kappa shape index (κ3) is 9.01. The van der Waals surface area contributed by atoms with E-state index < -0.39 is 11.9 Å². The molecule has 0 saturated carbocycles. The Balaban J connectivity index is 0.805. The number of fused-ring (bicyclic) bond motifs is 2. The highest BCUT2D eigenvalue weighted by Gasteiger charge is 2.39. The highest BCUT2D eigenvalue weighted by atomic mass is 32.1. The second kappa shape index (κ2) is 17.2. The van der Waals surface area contributed by atoms with Crippen LogP contribution in [0.15, 0.2) is 84.9 Å². The molecular weight excluding hydrogens is 723 g/mol. The standard InChI is InChI=1S/C41H43N5O8S/c47-25-45(19-1-16-43-28-4-12-33-27(22-28)24-46(41(33)52)35-14-15-37(50)44-40(35)51)20-17-42-18-21-53-31-8-10-32(11-9-31)54-38-34-13-7-30(49)23-36(34)55-39(38)26-2-5-29(48)6-3-26/h2-13,22-23,35,42-43,47-49H,1,14-21,24-25H2,(H,44,50,51). The molecule has 286 valence electrons. The SMILES string of the molecule is O=C1CCC(N2Cc3cc(NCCCN(CO)CCNCCOc4ccc(Oc5c(-c6ccc(O)cc6)sc6cc(O)ccc56)cc4)ccc3C2=O)C(=O)N1. The zero-order chi connectivity index (χ0) is 38.3. The predicted octanol–water partition coefficient (Wildman–Crippen LogP) is 5.26. The summed E-state index contributed by atoms with van der Waals surface area (Å²) in [5, 5.41) is 39.6. The van der Waals surface area contributed by atoms with Gasteiger partial charge in [0.25, 0.3) is 5.91 Å². The summed E-state index contributed by atoms with van der Waals surface area (Å²) in [6, 6.07) is 24.5. The first-order valence-electron chi connectivity index (χ1n) is 18.3. The second-order valence-electron chi connectivity index (χ2n) is 13.5. The number of thiophene rings is 1. The normalized spacial score (nSPS) is 15.4. The van der Waals surface area contributed by atoms with Crippen molar-refractivity contribution in [1.29, 1.82) is 0 Å². The van der Waals surface area contributed by atoms with Crippen LogP contribution in [0.4, 0.5) is 5.69 Å². The van der Waals surface area contributed by atoms with Crippen LogP contribution in [-0.4, -0.2) is 94.9 Å². The van der Waals surface area contributed by atoms with Gasteiger partial charge in [-0.05, 0) is 109 Å². The van der Waals surface area contributed by atoms with Crippen LogP contribution in [0.1, 0.15) is 35.2 Å². The number of phenols is 2.